The Morgan fingerprint density at radius 3 is 2.38 bits per heavy atom. The van der Waals surface area contributed by atoms with Crippen LogP contribution in [0.4, 0.5) is 24.5 Å². The second kappa shape index (κ2) is 9.13. The molecule has 1 aliphatic rings. The normalized spacial score (nSPS) is 14.4. The van der Waals surface area contributed by atoms with E-state index in [1.54, 1.807) is 0 Å². The van der Waals surface area contributed by atoms with Crippen LogP contribution in [0, 0.1) is 17.5 Å². The quantitative estimate of drug-likeness (QED) is 0.330. The lowest BCUT2D eigenvalue weighted by molar-refractivity contribution is 0.472. The average molecular weight is 579 g/mol. The summed E-state index contributed by atoms with van der Waals surface area (Å²) in [4.78, 5) is 13.0. The van der Waals surface area contributed by atoms with Crippen LogP contribution >= 0.6 is 0 Å². The van der Waals surface area contributed by atoms with E-state index >= 15 is 0 Å². The number of aromatic nitrogens is 1. The minimum absolute atomic E-state index is 0.00322. The first kappa shape index (κ1) is 26.2. The maximum absolute atomic E-state index is 14.5. The van der Waals surface area contributed by atoms with E-state index < -0.39 is 65.1 Å². The number of sulfonamides is 2. The molecule has 0 saturated carbocycles. The number of hydrogen-bond donors (Lipinski definition) is 3. The Balaban J connectivity index is 1.62. The standard InChI is InChI=1S/C24H17F3N4O6S2/c1-38(34,35)29-17-2-3-18-21(9-17)39(36,37)30-23(28-18)22-20(32)10-19-13(7-16(27)11-31(19)24(22)33)4-12-5-14(25)8-15(26)6-12/h2-3,5-11,29,32H,4H2,1H3,(H,28,30). The summed E-state index contributed by atoms with van der Waals surface area (Å²) in [6.07, 6.45) is 1.50. The number of benzene rings is 2. The van der Waals surface area contributed by atoms with Crippen molar-refractivity contribution >= 4 is 42.8 Å². The fraction of sp³-hybridized carbons (Fsp3) is 0.0833. The van der Waals surface area contributed by atoms with Gasteiger partial charge in [-0.15, -0.1) is 4.40 Å². The summed E-state index contributed by atoms with van der Waals surface area (Å²) in [6, 6.07) is 8.40. The van der Waals surface area contributed by atoms with E-state index in [1.165, 1.54) is 12.1 Å². The van der Waals surface area contributed by atoms with Crippen LogP contribution in [0.3, 0.4) is 0 Å². The van der Waals surface area contributed by atoms with Crippen LogP contribution in [0.25, 0.3) is 5.52 Å². The molecular weight excluding hydrogens is 561 g/mol. The fourth-order valence-corrected chi connectivity index (χ4v) is 5.93. The van der Waals surface area contributed by atoms with Crippen molar-refractivity contribution in [3.05, 3.63) is 99.2 Å². The molecule has 3 heterocycles. The van der Waals surface area contributed by atoms with Gasteiger partial charge in [-0.25, -0.2) is 21.6 Å². The maximum Gasteiger partial charge on any atom is 0.286 e. The van der Waals surface area contributed by atoms with Gasteiger partial charge in [0.1, 0.15) is 33.7 Å². The second-order valence-corrected chi connectivity index (χ2v) is 12.0. The smallest absolute Gasteiger partial charge is 0.286 e. The Morgan fingerprint density at radius 2 is 1.72 bits per heavy atom. The third-order valence-electron chi connectivity index (χ3n) is 5.70. The zero-order valence-corrected chi connectivity index (χ0v) is 21.4. The van der Waals surface area contributed by atoms with Crippen LogP contribution in [-0.2, 0) is 26.5 Å². The van der Waals surface area contributed by atoms with Crippen molar-refractivity contribution < 1.29 is 35.1 Å². The Bertz CT molecular complexity index is 1990. The van der Waals surface area contributed by atoms with E-state index in [4.69, 9.17) is 0 Å². The number of nitrogens with zero attached hydrogens (tertiary/aromatic N) is 2. The maximum atomic E-state index is 14.5. The van der Waals surface area contributed by atoms with Crippen LogP contribution in [0.15, 0.2) is 68.8 Å². The molecule has 39 heavy (non-hydrogen) atoms. The highest BCUT2D eigenvalue weighted by atomic mass is 32.2. The number of anilines is 2. The van der Waals surface area contributed by atoms with Crippen molar-refractivity contribution in [3.8, 4) is 5.75 Å². The van der Waals surface area contributed by atoms with Crippen LogP contribution < -0.4 is 15.6 Å². The highest BCUT2D eigenvalue weighted by molar-refractivity contribution is 7.92. The van der Waals surface area contributed by atoms with Gasteiger partial charge < -0.3 is 10.4 Å². The molecule has 3 N–H and O–H groups in total. The van der Waals surface area contributed by atoms with Gasteiger partial charge in [-0.05, 0) is 53.9 Å². The fourth-order valence-electron chi connectivity index (χ4n) is 4.23. The molecule has 4 aromatic rings. The second-order valence-electron chi connectivity index (χ2n) is 8.73. The van der Waals surface area contributed by atoms with Gasteiger partial charge in [-0.3, -0.25) is 13.9 Å². The highest BCUT2D eigenvalue weighted by Crippen LogP contribution is 2.32. The molecule has 1 aliphatic heterocycles. The summed E-state index contributed by atoms with van der Waals surface area (Å²) < 4.78 is 97.2. The molecule has 0 atom stereocenters. The molecule has 0 aliphatic carbocycles. The molecule has 0 spiro atoms. The molecule has 0 bridgehead atoms. The van der Waals surface area contributed by atoms with Crippen molar-refractivity contribution in [2.24, 2.45) is 4.40 Å². The highest BCUT2D eigenvalue weighted by Gasteiger charge is 2.29. The molecule has 202 valence electrons. The van der Waals surface area contributed by atoms with Gasteiger partial charge in [0, 0.05) is 24.0 Å². The largest absolute Gasteiger partial charge is 0.507 e. The summed E-state index contributed by atoms with van der Waals surface area (Å²) in [7, 11) is -8.19. The predicted octanol–water partition coefficient (Wildman–Crippen LogP) is 2.95. The van der Waals surface area contributed by atoms with Gasteiger partial charge in [0.05, 0.1) is 17.5 Å². The summed E-state index contributed by atoms with van der Waals surface area (Å²) in [5.41, 5.74) is -1.47. The van der Waals surface area contributed by atoms with Gasteiger partial charge in [-0.1, -0.05) is 0 Å². The number of fused-ring (bicyclic) bond motifs is 2. The van der Waals surface area contributed by atoms with Crippen LogP contribution in [-0.4, -0.2) is 38.4 Å². The van der Waals surface area contributed by atoms with Crippen molar-refractivity contribution in [3.63, 3.8) is 0 Å². The molecule has 0 radical (unpaired) electrons. The molecular formula is C24H17F3N4O6S2. The summed E-state index contributed by atoms with van der Waals surface area (Å²) in [5, 5.41) is 13.4. The zero-order chi connectivity index (χ0) is 28.3. The molecule has 0 fully saturated rings. The van der Waals surface area contributed by atoms with Gasteiger partial charge in [0.25, 0.3) is 15.6 Å². The third kappa shape index (κ3) is 5.18. The molecule has 2 aromatic carbocycles. The summed E-state index contributed by atoms with van der Waals surface area (Å²) >= 11 is 0. The van der Waals surface area contributed by atoms with E-state index in [2.05, 4.69) is 14.4 Å². The van der Waals surface area contributed by atoms with Gasteiger partial charge >= 0.3 is 0 Å². The number of halogens is 3. The Kier molecular flexibility index (Phi) is 6.14. The molecule has 0 unspecified atom stereocenters. The van der Waals surface area contributed by atoms with E-state index in [0.717, 1.165) is 47.2 Å². The molecule has 0 amide bonds. The number of amidine groups is 1. The van der Waals surface area contributed by atoms with Gasteiger partial charge in [0.2, 0.25) is 10.0 Å². The Labute approximate surface area is 219 Å². The van der Waals surface area contributed by atoms with E-state index in [1.807, 2.05) is 0 Å². The lowest BCUT2D eigenvalue weighted by Gasteiger charge is -2.20. The first-order chi connectivity index (χ1) is 18.2. The number of rotatable bonds is 5. The molecule has 5 rings (SSSR count). The van der Waals surface area contributed by atoms with Crippen molar-refractivity contribution in [1.29, 1.82) is 0 Å². The van der Waals surface area contributed by atoms with Gasteiger partial charge in [0.15, 0.2) is 5.84 Å². The number of nitrogens with one attached hydrogen (secondary N) is 2. The molecule has 2 aromatic heterocycles. The molecule has 10 nitrogen and oxygen atoms in total. The number of pyridine rings is 2. The number of aromatic hydroxyl groups is 1. The lowest BCUT2D eigenvalue weighted by Crippen LogP contribution is -2.30. The van der Waals surface area contributed by atoms with Crippen LogP contribution in [0.1, 0.15) is 16.7 Å². The lowest BCUT2D eigenvalue weighted by atomic mass is 10.0. The average Bonchev–Trinajstić information content (AvgIpc) is 2.78. The first-order valence-corrected chi connectivity index (χ1v) is 14.3. The topological polar surface area (TPSA) is 146 Å². The van der Waals surface area contributed by atoms with Gasteiger partial charge in [-0.2, -0.15) is 8.42 Å². The number of hydrogen-bond acceptors (Lipinski definition) is 7. The Hall–Kier alpha value is -4.37. The first-order valence-electron chi connectivity index (χ1n) is 11.0. The summed E-state index contributed by atoms with van der Waals surface area (Å²) in [6.45, 7) is 0. The van der Waals surface area contributed by atoms with Crippen molar-refractivity contribution in [1.82, 2.24) is 4.40 Å². The van der Waals surface area contributed by atoms with E-state index in [0.29, 0.717) is 6.07 Å². The Morgan fingerprint density at radius 1 is 1.03 bits per heavy atom. The van der Waals surface area contributed by atoms with Crippen molar-refractivity contribution in [2.45, 2.75) is 11.3 Å². The molecule has 15 heteroatoms. The van der Waals surface area contributed by atoms with E-state index in [9.17, 15) is 39.9 Å². The van der Waals surface area contributed by atoms with Crippen LogP contribution in [0.5, 0.6) is 5.75 Å². The minimum atomic E-state index is -4.48. The van der Waals surface area contributed by atoms with Crippen LogP contribution in [0.2, 0.25) is 0 Å². The monoisotopic (exact) mass is 578 g/mol. The SMILES string of the molecule is CS(=O)(=O)Nc1ccc2c(c1)S(=O)(=O)N=C(c1c(O)cc3c(Cc4cc(F)cc(F)c4)cc(F)cn3c1=O)N2. The zero-order valence-electron chi connectivity index (χ0n) is 19.7. The molecule has 0 saturated heterocycles. The summed E-state index contributed by atoms with van der Waals surface area (Å²) in [5.74, 6) is -3.83. The van der Waals surface area contributed by atoms with E-state index in [-0.39, 0.29) is 34.4 Å². The predicted molar refractivity (Wildman–Crippen MR) is 137 cm³/mol. The minimum Gasteiger partial charge on any atom is -0.507 e. The van der Waals surface area contributed by atoms with Crippen molar-refractivity contribution in [2.75, 3.05) is 16.3 Å². The third-order valence-corrected chi connectivity index (χ3v) is 7.62.